The van der Waals surface area contributed by atoms with Gasteiger partial charge in [-0.1, -0.05) is 13.8 Å². The molecule has 1 rings (SSSR count). The van der Waals surface area contributed by atoms with Crippen molar-refractivity contribution < 1.29 is 9.84 Å². The number of aliphatic hydroxyl groups is 1. The Morgan fingerprint density at radius 1 is 1.44 bits per heavy atom. The number of hydrogen-bond acceptors (Lipinski definition) is 3. The summed E-state index contributed by atoms with van der Waals surface area (Å²) in [6, 6.07) is 0. The van der Waals surface area contributed by atoms with Gasteiger partial charge in [0.25, 0.3) is 0 Å². The Morgan fingerprint density at radius 3 is 2.94 bits per heavy atom. The maximum Gasteiger partial charge on any atom is 0.0593 e. The Labute approximate surface area is 99.8 Å². The van der Waals surface area contributed by atoms with Crippen molar-refractivity contribution >= 4 is 0 Å². The minimum absolute atomic E-state index is 0.336. The van der Waals surface area contributed by atoms with E-state index in [1.807, 2.05) is 0 Å². The molecule has 1 fully saturated rings. The first-order chi connectivity index (χ1) is 7.72. The molecule has 3 nitrogen and oxygen atoms in total. The lowest BCUT2D eigenvalue weighted by Gasteiger charge is -2.32. The largest absolute Gasteiger partial charge is 0.396 e. The molecule has 96 valence electrons. The van der Waals surface area contributed by atoms with Gasteiger partial charge < -0.3 is 14.7 Å². The number of aliphatic hydroxyl groups excluding tert-OH is 1. The van der Waals surface area contributed by atoms with Crippen LogP contribution in [0.15, 0.2) is 0 Å². The molecule has 0 aromatic heterocycles. The van der Waals surface area contributed by atoms with Gasteiger partial charge in [0.05, 0.1) is 6.61 Å². The normalized spacial score (nSPS) is 22.9. The van der Waals surface area contributed by atoms with E-state index in [-0.39, 0.29) is 0 Å². The standard InChI is InChI=1S/C13H27NO2/c1-12(2)11-16-9-7-14-6-3-4-13(10-14)5-8-15/h12-13,15H,3-11H2,1-2H3. The van der Waals surface area contributed by atoms with E-state index in [4.69, 9.17) is 9.84 Å². The van der Waals surface area contributed by atoms with Crippen LogP contribution in [0.1, 0.15) is 33.1 Å². The number of ether oxygens (including phenoxy) is 1. The van der Waals surface area contributed by atoms with Gasteiger partial charge in [0.1, 0.15) is 0 Å². The van der Waals surface area contributed by atoms with Crippen LogP contribution in [0.5, 0.6) is 0 Å². The third kappa shape index (κ3) is 5.83. The number of nitrogens with zero attached hydrogens (tertiary/aromatic N) is 1. The van der Waals surface area contributed by atoms with Crippen LogP contribution in [0, 0.1) is 11.8 Å². The van der Waals surface area contributed by atoms with Crippen molar-refractivity contribution in [3.05, 3.63) is 0 Å². The maximum absolute atomic E-state index is 8.94. The molecule has 1 aliphatic rings. The monoisotopic (exact) mass is 229 g/mol. The number of piperidine rings is 1. The topological polar surface area (TPSA) is 32.7 Å². The van der Waals surface area contributed by atoms with Gasteiger partial charge in [-0.3, -0.25) is 0 Å². The van der Waals surface area contributed by atoms with E-state index in [9.17, 15) is 0 Å². The summed E-state index contributed by atoms with van der Waals surface area (Å²) >= 11 is 0. The zero-order chi connectivity index (χ0) is 11.8. The smallest absolute Gasteiger partial charge is 0.0593 e. The fourth-order valence-corrected chi connectivity index (χ4v) is 2.29. The van der Waals surface area contributed by atoms with Gasteiger partial charge >= 0.3 is 0 Å². The molecule has 16 heavy (non-hydrogen) atoms. The summed E-state index contributed by atoms with van der Waals surface area (Å²) in [6.45, 7) is 9.81. The fourth-order valence-electron chi connectivity index (χ4n) is 2.29. The van der Waals surface area contributed by atoms with E-state index in [0.717, 1.165) is 32.7 Å². The van der Waals surface area contributed by atoms with Crippen molar-refractivity contribution in [2.24, 2.45) is 11.8 Å². The molecule has 0 radical (unpaired) electrons. The van der Waals surface area contributed by atoms with Gasteiger partial charge in [0.2, 0.25) is 0 Å². The Balaban J connectivity index is 2.07. The molecule has 0 aliphatic carbocycles. The zero-order valence-corrected chi connectivity index (χ0v) is 10.8. The third-order valence-electron chi connectivity index (χ3n) is 3.14. The second-order valence-electron chi connectivity index (χ2n) is 5.29. The van der Waals surface area contributed by atoms with Gasteiger partial charge in [-0.15, -0.1) is 0 Å². The maximum atomic E-state index is 8.94. The highest BCUT2D eigenvalue weighted by molar-refractivity contribution is 4.72. The lowest BCUT2D eigenvalue weighted by Crippen LogP contribution is -2.37. The molecular weight excluding hydrogens is 202 g/mol. The molecule has 1 heterocycles. The summed E-state index contributed by atoms with van der Waals surface area (Å²) in [7, 11) is 0. The van der Waals surface area contributed by atoms with Crippen LogP contribution in [0.25, 0.3) is 0 Å². The highest BCUT2D eigenvalue weighted by atomic mass is 16.5. The summed E-state index contributed by atoms with van der Waals surface area (Å²) in [6.07, 6.45) is 3.52. The van der Waals surface area contributed by atoms with Crippen molar-refractivity contribution in [1.29, 1.82) is 0 Å². The molecule has 1 unspecified atom stereocenters. The van der Waals surface area contributed by atoms with Crippen molar-refractivity contribution in [2.45, 2.75) is 33.1 Å². The molecular formula is C13H27NO2. The molecule has 0 aromatic carbocycles. The molecule has 3 heteroatoms. The van der Waals surface area contributed by atoms with E-state index < -0.39 is 0 Å². The third-order valence-corrected chi connectivity index (χ3v) is 3.14. The van der Waals surface area contributed by atoms with Crippen LogP contribution in [0.2, 0.25) is 0 Å². The zero-order valence-electron chi connectivity index (χ0n) is 10.8. The van der Waals surface area contributed by atoms with Gasteiger partial charge in [-0.2, -0.15) is 0 Å². The molecule has 1 saturated heterocycles. The number of rotatable bonds is 7. The van der Waals surface area contributed by atoms with Gasteiger partial charge in [0.15, 0.2) is 0 Å². The van der Waals surface area contributed by atoms with Crippen LogP contribution in [-0.4, -0.2) is 49.5 Å². The highest BCUT2D eigenvalue weighted by Crippen LogP contribution is 2.18. The first-order valence-electron chi connectivity index (χ1n) is 6.63. The van der Waals surface area contributed by atoms with E-state index >= 15 is 0 Å². The first-order valence-corrected chi connectivity index (χ1v) is 6.63. The van der Waals surface area contributed by atoms with Gasteiger partial charge in [0, 0.05) is 26.3 Å². The Hall–Kier alpha value is -0.120. The van der Waals surface area contributed by atoms with E-state index in [1.54, 1.807) is 0 Å². The Kier molecular flexibility index (Phi) is 7.01. The fraction of sp³-hybridized carbons (Fsp3) is 1.00. The summed E-state index contributed by atoms with van der Waals surface area (Å²) in [5.74, 6) is 1.33. The van der Waals surface area contributed by atoms with E-state index in [0.29, 0.717) is 18.4 Å². The molecule has 0 spiro atoms. The highest BCUT2D eigenvalue weighted by Gasteiger charge is 2.18. The summed E-state index contributed by atoms with van der Waals surface area (Å²) < 4.78 is 5.60. The van der Waals surface area contributed by atoms with Crippen LogP contribution < -0.4 is 0 Å². The minimum atomic E-state index is 0.336. The molecule has 1 N–H and O–H groups in total. The molecule has 0 bridgehead atoms. The van der Waals surface area contributed by atoms with Crippen molar-refractivity contribution in [3.63, 3.8) is 0 Å². The lowest BCUT2D eigenvalue weighted by molar-refractivity contribution is 0.0677. The van der Waals surface area contributed by atoms with E-state index in [2.05, 4.69) is 18.7 Å². The quantitative estimate of drug-likeness (QED) is 0.675. The SMILES string of the molecule is CC(C)COCCN1CCCC(CCO)C1. The molecule has 0 amide bonds. The second kappa shape index (κ2) is 8.04. The lowest BCUT2D eigenvalue weighted by atomic mass is 9.95. The number of likely N-dealkylation sites (tertiary alicyclic amines) is 1. The van der Waals surface area contributed by atoms with Crippen LogP contribution in [0.3, 0.4) is 0 Å². The Bertz CT molecular complexity index is 171. The van der Waals surface area contributed by atoms with Gasteiger partial charge in [-0.25, -0.2) is 0 Å². The molecule has 0 aromatic rings. The first kappa shape index (κ1) is 13.9. The van der Waals surface area contributed by atoms with Gasteiger partial charge in [-0.05, 0) is 37.6 Å². The van der Waals surface area contributed by atoms with E-state index in [1.165, 1.54) is 19.4 Å². The minimum Gasteiger partial charge on any atom is -0.396 e. The van der Waals surface area contributed by atoms with Crippen molar-refractivity contribution in [3.8, 4) is 0 Å². The van der Waals surface area contributed by atoms with Crippen LogP contribution in [-0.2, 0) is 4.74 Å². The summed E-state index contributed by atoms with van der Waals surface area (Å²) in [5, 5.41) is 8.94. The average Bonchev–Trinajstić information content (AvgIpc) is 2.25. The average molecular weight is 229 g/mol. The van der Waals surface area contributed by atoms with Crippen molar-refractivity contribution in [1.82, 2.24) is 4.90 Å². The molecule has 0 saturated carbocycles. The Morgan fingerprint density at radius 2 is 2.25 bits per heavy atom. The predicted molar refractivity (Wildman–Crippen MR) is 66.5 cm³/mol. The summed E-state index contributed by atoms with van der Waals surface area (Å²) in [4.78, 5) is 2.48. The molecule has 1 atom stereocenters. The van der Waals surface area contributed by atoms with Crippen molar-refractivity contribution in [2.75, 3.05) is 39.5 Å². The second-order valence-corrected chi connectivity index (χ2v) is 5.29. The predicted octanol–water partition coefficient (Wildman–Crippen LogP) is 1.75. The summed E-state index contributed by atoms with van der Waals surface area (Å²) in [5.41, 5.74) is 0. The van der Waals surface area contributed by atoms with Crippen LogP contribution >= 0.6 is 0 Å². The number of hydrogen-bond donors (Lipinski definition) is 1. The van der Waals surface area contributed by atoms with Crippen LogP contribution in [0.4, 0.5) is 0 Å². The molecule has 1 aliphatic heterocycles.